The predicted octanol–water partition coefficient (Wildman–Crippen LogP) is 8.08. The van der Waals surface area contributed by atoms with E-state index >= 15 is 0 Å². The van der Waals surface area contributed by atoms with Gasteiger partial charge < -0.3 is 9.47 Å². The van der Waals surface area contributed by atoms with Crippen LogP contribution in [-0.4, -0.2) is 26.4 Å². The van der Waals surface area contributed by atoms with Crippen LogP contribution in [-0.2, 0) is 9.47 Å². The first-order valence-electron chi connectivity index (χ1n) is 12.0. The van der Waals surface area contributed by atoms with Gasteiger partial charge in [-0.15, -0.1) is 0 Å². The summed E-state index contributed by atoms with van der Waals surface area (Å²) in [4.78, 5) is 0. The summed E-state index contributed by atoms with van der Waals surface area (Å²) in [5.41, 5.74) is 0. The lowest BCUT2D eigenvalue weighted by Crippen LogP contribution is -2.15. The van der Waals surface area contributed by atoms with Gasteiger partial charge in [0, 0.05) is 20.3 Å². The van der Waals surface area contributed by atoms with E-state index in [1.54, 1.807) is 7.11 Å². The summed E-state index contributed by atoms with van der Waals surface area (Å²) >= 11 is 0. The van der Waals surface area contributed by atoms with Crippen LogP contribution < -0.4 is 0 Å². The number of unbranched alkanes of at least 4 members (excludes halogenated alkanes) is 13. The molecule has 0 aliphatic rings. The largest absolute Gasteiger partial charge is 0.385 e. The summed E-state index contributed by atoms with van der Waals surface area (Å²) in [6.07, 6.45) is 25.0. The maximum absolute atomic E-state index is 6.17. The number of hydrogen-bond donors (Lipinski definition) is 0. The zero-order valence-electron chi connectivity index (χ0n) is 18.5. The van der Waals surface area contributed by atoms with Crippen molar-refractivity contribution in [1.82, 2.24) is 0 Å². The van der Waals surface area contributed by atoms with Gasteiger partial charge in [-0.3, -0.25) is 0 Å². The van der Waals surface area contributed by atoms with Crippen molar-refractivity contribution in [3.63, 3.8) is 0 Å². The minimum atomic E-state index is 0.489. The smallest absolute Gasteiger partial charge is 0.0575 e. The van der Waals surface area contributed by atoms with Gasteiger partial charge in [0.2, 0.25) is 0 Å². The molecule has 0 rings (SSSR count). The molecule has 0 amide bonds. The van der Waals surface area contributed by atoms with Gasteiger partial charge in [0.1, 0.15) is 0 Å². The van der Waals surface area contributed by atoms with Crippen LogP contribution in [0.2, 0.25) is 0 Å². The molecule has 2 heteroatoms. The standard InChI is InChI=1S/C24H50O2/c1-4-6-8-10-12-14-16-18-21-24(26-23-19-22-25-3)20-17-15-13-11-9-7-5-2/h24H,4-23H2,1-3H3. The first-order valence-corrected chi connectivity index (χ1v) is 12.0. The third kappa shape index (κ3) is 20.2. The molecule has 26 heavy (non-hydrogen) atoms. The minimum absolute atomic E-state index is 0.489. The van der Waals surface area contributed by atoms with Gasteiger partial charge in [-0.2, -0.15) is 0 Å². The Morgan fingerprint density at radius 3 is 1.35 bits per heavy atom. The third-order valence-corrected chi connectivity index (χ3v) is 5.36. The summed E-state index contributed by atoms with van der Waals surface area (Å²) in [5, 5.41) is 0. The molecule has 0 bridgehead atoms. The van der Waals surface area contributed by atoms with E-state index in [1.165, 1.54) is 109 Å². The van der Waals surface area contributed by atoms with E-state index in [4.69, 9.17) is 9.47 Å². The molecule has 1 unspecified atom stereocenters. The van der Waals surface area contributed by atoms with Crippen molar-refractivity contribution in [2.75, 3.05) is 20.3 Å². The zero-order chi connectivity index (χ0) is 19.1. The predicted molar refractivity (Wildman–Crippen MR) is 116 cm³/mol. The summed E-state index contributed by atoms with van der Waals surface area (Å²) in [6, 6.07) is 0. The van der Waals surface area contributed by atoms with E-state index in [9.17, 15) is 0 Å². The van der Waals surface area contributed by atoms with Crippen molar-refractivity contribution in [2.24, 2.45) is 0 Å². The molecule has 0 fully saturated rings. The number of ether oxygens (including phenoxy) is 2. The highest BCUT2D eigenvalue weighted by molar-refractivity contribution is 4.60. The van der Waals surface area contributed by atoms with E-state index in [1.807, 2.05) is 0 Å². The summed E-state index contributed by atoms with van der Waals surface area (Å²) in [5.74, 6) is 0. The normalized spacial score (nSPS) is 12.6. The summed E-state index contributed by atoms with van der Waals surface area (Å²) in [7, 11) is 1.77. The lowest BCUT2D eigenvalue weighted by atomic mass is 10.0. The first-order chi connectivity index (χ1) is 12.8. The molecule has 158 valence electrons. The van der Waals surface area contributed by atoms with Crippen molar-refractivity contribution >= 4 is 0 Å². The average Bonchev–Trinajstić information content (AvgIpc) is 2.65. The second kappa shape index (κ2) is 23.0. The highest BCUT2D eigenvalue weighted by atomic mass is 16.5. The van der Waals surface area contributed by atoms with E-state index in [-0.39, 0.29) is 0 Å². The lowest BCUT2D eigenvalue weighted by molar-refractivity contribution is 0.0266. The van der Waals surface area contributed by atoms with Gasteiger partial charge in [0.25, 0.3) is 0 Å². The number of hydrogen-bond acceptors (Lipinski definition) is 2. The monoisotopic (exact) mass is 370 g/mol. The second-order valence-corrected chi connectivity index (χ2v) is 8.01. The molecular formula is C24H50O2. The van der Waals surface area contributed by atoms with Crippen LogP contribution in [0.1, 0.15) is 129 Å². The molecule has 0 aliphatic heterocycles. The molecule has 0 aliphatic carbocycles. The fourth-order valence-corrected chi connectivity index (χ4v) is 3.60. The van der Waals surface area contributed by atoms with Crippen LogP contribution in [0.15, 0.2) is 0 Å². The van der Waals surface area contributed by atoms with E-state index in [0.29, 0.717) is 6.10 Å². The Hall–Kier alpha value is -0.0800. The maximum Gasteiger partial charge on any atom is 0.0575 e. The first kappa shape index (κ1) is 25.9. The molecule has 0 N–H and O–H groups in total. The molecule has 0 aromatic carbocycles. The van der Waals surface area contributed by atoms with Crippen molar-refractivity contribution in [1.29, 1.82) is 0 Å². The Morgan fingerprint density at radius 1 is 0.500 bits per heavy atom. The SMILES string of the molecule is CCCCCCCCCCC(CCCCCCCCC)OCCCOC. The van der Waals surface area contributed by atoms with Crippen molar-refractivity contribution < 1.29 is 9.47 Å². The van der Waals surface area contributed by atoms with Crippen LogP contribution in [0.25, 0.3) is 0 Å². The summed E-state index contributed by atoms with van der Waals surface area (Å²) in [6.45, 7) is 6.27. The fraction of sp³-hybridized carbons (Fsp3) is 1.00. The average molecular weight is 371 g/mol. The van der Waals surface area contributed by atoms with E-state index in [2.05, 4.69) is 13.8 Å². The minimum Gasteiger partial charge on any atom is -0.385 e. The van der Waals surface area contributed by atoms with Gasteiger partial charge >= 0.3 is 0 Å². The van der Waals surface area contributed by atoms with Crippen LogP contribution in [0.3, 0.4) is 0 Å². The Balaban J connectivity index is 3.70. The molecule has 0 saturated carbocycles. The van der Waals surface area contributed by atoms with Crippen LogP contribution >= 0.6 is 0 Å². The topological polar surface area (TPSA) is 18.5 Å². The molecule has 2 nitrogen and oxygen atoms in total. The van der Waals surface area contributed by atoms with Crippen LogP contribution in [0.5, 0.6) is 0 Å². The van der Waals surface area contributed by atoms with Gasteiger partial charge in [0.05, 0.1) is 6.10 Å². The van der Waals surface area contributed by atoms with Crippen molar-refractivity contribution in [3.05, 3.63) is 0 Å². The molecule has 0 heterocycles. The molecular weight excluding hydrogens is 320 g/mol. The van der Waals surface area contributed by atoms with Crippen molar-refractivity contribution in [3.8, 4) is 0 Å². The van der Waals surface area contributed by atoms with Crippen LogP contribution in [0, 0.1) is 0 Å². The quantitative estimate of drug-likeness (QED) is 0.179. The molecule has 0 aromatic rings. The molecule has 0 spiro atoms. The Kier molecular flexibility index (Phi) is 22.9. The Labute approximate surface area is 165 Å². The Morgan fingerprint density at radius 2 is 0.923 bits per heavy atom. The summed E-state index contributed by atoms with van der Waals surface area (Å²) < 4.78 is 11.3. The van der Waals surface area contributed by atoms with Gasteiger partial charge in [0.15, 0.2) is 0 Å². The Bertz CT molecular complexity index is 242. The molecule has 0 saturated heterocycles. The second-order valence-electron chi connectivity index (χ2n) is 8.01. The zero-order valence-corrected chi connectivity index (χ0v) is 18.5. The third-order valence-electron chi connectivity index (χ3n) is 5.36. The highest BCUT2D eigenvalue weighted by Gasteiger charge is 2.09. The molecule has 0 aromatic heterocycles. The molecule has 0 radical (unpaired) electrons. The molecule has 1 atom stereocenters. The van der Waals surface area contributed by atoms with E-state index in [0.717, 1.165) is 19.6 Å². The highest BCUT2D eigenvalue weighted by Crippen LogP contribution is 2.17. The number of methoxy groups -OCH3 is 1. The van der Waals surface area contributed by atoms with Crippen molar-refractivity contribution in [2.45, 2.75) is 136 Å². The fourth-order valence-electron chi connectivity index (χ4n) is 3.60. The van der Waals surface area contributed by atoms with E-state index < -0.39 is 0 Å². The maximum atomic E-state index is 6.17. The van der Waals surface area contributed by atoms with Gasteiger partial charge in [-0.1, -0.05) is 110 Å². The van der Waals surface area contributed by atoms with Crippen LogP contribution in [0.4, 0.5) is 0 Å². The van der Waals surface area contributed by atoms with Gasteiger partial charge in [-0.05, 0) is 19.3 Å². The van der Waals surface area contributed by atoms with Gasteiger partial charge in [-0.25, -0.2) is 0 Å². The lowest BCUT2D eigenvalue weighted by Gasteiger charge is -2.18. The number of rotatable bonds is 22.